The van der Waals surface area contributed by atoms with Gasteiger partial charge < -0.3 is 15.2 Å². The van der Waals surface area contributed by atoms with Gasteiger partial charge in [0, 0.05) is 18.1 Å². The van der Waals surface area contributed by atoms with E-state index in [1.54, 1.807) is 0 Å². The molecule has 0 amide bonds. The summed E-state index contributed by atoms with van der Waals surface area (Å²) in [5.74, 6) is -0.833. The van der Waals surface area contributed by atoms with E-state index in [1.807, 2.05) is 30.3 Å². The number of carboxylic acids is 1. The molecule has 1 heterocycles. The second-order valence-corrected chi connectivity index (χ2v) is 3.06. The molecule has 15 heavy (non-hydrogen) atoms. The van der Waals surface area contributed by atoms with Gasteiger partial charge in [-0.15, -0.1) is 0 Å². The Bertz CT molecular complexity index is 411. The van der Waals surface area contributed by atoms with E-state index in [4.69, 9.17) is 15.0 Å². The van der Waals surface area contributed by atoms with Gasteiger partial charge in [0.1, 0.15) is 0 Å². The Morgan fingerprint density at radius 3 is 2.53 bits per heavy atom. The molecule has 0 fully saturated rings. The van der Waals surface area contributed by atoms with Gasteiger partial charge in [-0.1, -0.05) is 18.2 Å². The molecular formula is C11H13NO3. The van der Waals surface area contributed by atoms with E-state index in [1.165, 1.54) is 0 Å². The SMILES string of the molecule is CC(=O)O.OCc1cc2ccccc2[nH]1. The van der Waals surface area contributed by atoms with Crippen molar-refractivity contribution in [3.05, 3.63) is 36.0 Å². The number of rotatable bonds is 1. The number of carbonyl (C=O) groups is 1. The second kappa shape index (κ2) is 5.17. The van der Waals surface area contributed by atoms with Crippen LogP contribution < -0.4 is 0 Å². The quantitative estimate of drug-likeness (QED) is 0.667. The molecule has 0 unspecified atom stereocenters. The van der Waals surface area contributed by atoms with Crippen molar-refractivity contribution in [3.8, 4) is 0 Å². The number of aromatic amines is 1. The summed E-state index contributed by atoms with van der Waals surface area (Å²) in [6.07, 6.45) is 0. The number of hydrogen-bond donors (Lipinski definition) is 3. The summed E-state index contributed by atoms with van der Waals surface area (Å²) in [7, 11) is 0. The third kappa shape index (κ3) is 3.44. The lowest BCUT2D eigenvalue weighted by Crippen LogP contribution is -1.78. The second-order valence-electron chi connectivity index (χ2n) is 3.06. The lowest BCUT2D eigenvalue weighted by Gasteiger charge is -1.84. The van der Waals surface area contributed by atoms with Crippen molar-refractivity contribution in [2.45, 2.75) is 13.5 Å². The van der Waals surface area contributed by atoms with Gasteiger partial charge in [0.15, 0.2) is 0 Å². The van der Waals surface area contributed by atoms with Gasteiger partial charge in [-0.3, -0.25) is 4.79 Å². The summed E-state index contributed by atoms with van der Waals surface area (Å²) in [6.45, 7) is 1.16. The van der Waals surface area contributed by atoms with Crippen LogP contribution in [0.25, 0.3) is 10.9 Å². The first-order valence-corrected chi connectivity index (χ1v) is 4.50. The molecule has 0 aliphatic heterocycles. The van der Waals surface area contributed by atoms with Gasteiger partial charge in [-0.05, 0) is 17.5 Å². The lowest BCUT2D eigenvalue weighted by atomic mass is 10.2. The molecule has 0 aliphatic rings. The predicted octanol–water partition coefficient (Wildman–Crippen LogP) is 1.75. The van der Waals surface area contributed by atoms with Gasteiger partial charge in [-0.25, -0.2) is 0 Å². The van der Waals surface area contributed by atoms with Crippen molar-refractivity contribution < 1.29 is 15.0 Å². The molecule has 1 aromatic carbocycles. The molecule has 0 radical (unpaired) electrons. The number of aliphatic hydroxyl groups excluding tert-OH is 1. The molecule has 0 atom stereocenters. The maximum absolute atomic E-state index is 9.00. The minimum atomic E-state index is -0.833. The van der Waals surface area contributed by atoms with Gasteiger partial charge in [0.25, 0.3) is 5.97 Å². The zero-order valence-electron chi connectivity index (χ0n) is 8.40. The third-order valence-electron chi connectivity index (χ3n) is 1.76. The Kier molecular flexibility index (Phi) is 3.88. The number of aromatic nitrogens is 1. The zero-order valence-corrected chi connectivity index (χ0v) is 8.40. The van der Waals surface area contributed by atoms with Gasteiger partial charge >= 0.3 is 0 Å². The number of fused-ring (bicyclic) bond motifs is 1. The molecule has 0 spiro atoms. The van der Waals surface area contributed by atoms with Crippen molar-refractivity contribution in [1.29, 1.82) is 0 Å². The van der Waals surface area contributed by atoms with Crippen molar-refractivity contribution in [2.24, 2.45) is 0 Å². The Morgan fingerprint density at radius 2 is 2.00 bits per heavy atom. The summed E-state index contributed by atoms with van der Waals surface area (Å²) in [5.41, 5.74) is 1.95. The van der Waals surface area contributed by atoms with Crippen molar-refractivity contribution >= 4 is 16.9 Å². The summed E-state index contributed by atoms with van der Waals surface area (Å²) in [6, 6.07) is 9.92. The molecule has 3 N–H and O–H groups in total. The zero-order chi connectivity index (χ0) is 11.3. The predicted molar refractivity (Wildman–Crippen MR) is 57.5 cm³/mol. The highest BCUT2D eigenvalue weighted by Gasteiger charge is 1.96. The van der Waals surface area contributed by atoms with Crippen LogP contribution in [0.1, 0.15) is 12.6 Å². The molecule has 4 heteroatoms. The van der Waals surface area contributed by atoms with Crippen molar-refractivity contribution in [1.82, 2.24) is 4.98 Å². The summed E-state index contributed by atoms with van der Waals surface area (Å²) in [4.78, 5) is 12.1. The standard InChI is InChI=1S/C9H9NO.C2H4O2/c11-6-8-5-7-3-1-2-4-9(7)10-8;1-2(3)4/h1-5,10-11H,6H2;1H3,(H,3,4). The molecule has 80 valence electrons. The van der Waals surface area contributed by atoms with Crippen LogP contribution in [-0.4, -0.2) is 21.2 Å². The summed E-state index contributed by atoms with van der Waals surface area (Å²) in [5, 5.41) is 17.4. The monoisotopic (exact) mass is 207 g/mol. The highest BCUT2D eigenvalue weighted by atomic mass is 16.4. The summed E-state index contributed by atoms with van der Waals surface area (Å²) >= 11 is 0. The fourth-order valence-corrected chi connectivity index (χ4v) is 1.22. The van der Waals surface area contributed by atoms with Crippen LogP contribution in [0.4, 0.5) is 0 Å². The fraction of sp³-hybridized carbons (Fsp3) is 0.182. The lowest BCUT2D eigenvalue weighted by molar-refractivity contribution is -0.134. The molecule has 0 bridgehead atoms. The van der Waals surface area contributed by atoms with Crippen LogP contribution in [0, 0.1) is 0 Å². The fourth-order valence-electron chi connectivity index (χ4n) is 1.22. The number of aliphatic hydroxyl groups is 1. The van der Waals surface area contributed by atoms with E-state index in [0.717, 1.165) is 23.5 Å². The van der Waals surface area contributed by atoms with E-state index in [0.29, 0.717) is 0 Å². The number of nitrogens with one attached hydrogen (secondary N) is 1. The average molecular weight is 207 g/mol. The van der Waals surface area contributed by atoms with E-state index in [-0.39, 0.29) is 6.61 Å². The number of H-pyrrole nitrogens is 1. The molecule has 0 saturated carbocycles. The Hall–Kier alpha value is -1.81. The number of hydrogen-bond acceptors (Lipinski definition) is 2. The van der Waals surface area contributed by atoms with Crippen molar-refractivity contribution in [2.75, 3.05) is 0 Å². The Balaban J connectivity index is 0.000000245. The van der Waals surface area contributed by atoms with Gasteiger partial charge in [0.05, 0.1) is 6.61 Å². The Labute approximate surface area is 87.2 Å². The van der Waals surface area contributed by atoms with Crippen molar-refractivity contribution in [3.63, 3.8) is 0 Å². The van der Waals surface area contributed by atoms with Crippen LogP contribution in [0.2, 0.25) is 0 Å². The Morgan fingerprint density at radius 1 is 1.40 bits per heavy atom. The van der Waals surface area contributed by atoms with Crippen LogP contribution in [0.5, 0.6) is 0 Å². The minimum Gasteiger partial charge on any atom is -0.481 e. The normalized spacial score (nSPS) is 9.47. The largest absolute Gasteiger partial charge is 0.481 e. The van der Waals surface area contributed by atoms with E-state index >= 15 is 0 Å². The highest BCUT2D eigenvalue weighted by Crippen LogP contribution is 2.13. The molecule has 4 nitrogen and oxygen atoms in total. The number of benzene rings is 1. The number of carboxylic acid groups (broad SMARTS) is 1. The van der Waals surface area contributed by atoms with Crippen LogP contribution in [0.15, 0.2) is 30.3 Å². The molecule has 0 saturated heterocycles. The maximum Gasteiger partial charge on any atom is 0.300 e. The topological polar surface area (TPSA) is 73.3 Å². The number of para-hydroxylation sites is 1. The first kappa shape index (κ1) is 11.3. The maximum atomic E-state index is 9.00. The number of aliphatic carboxylic acids is 1. The molecule has 0 aliphatic carbocycles. The summed E-state index contributed by atoms with van der Waals surface area (Å²) < 4.78 is 0. The molecular weight excluding hydrogens is 194 g/mol. The van der Waals surface area contributed by atoms with E-state index < -0.39 is 5.97 Å². The van der Waals surface area contributed by atoms with E-state index in [9.17, 15) is 0 Å². The smallest absolute Gasteiger partial charge is 0.300 e. The first-order chi connectivity index (χ1) is 7.13. The van der Waals surface area contributed by atoms with E-state index in [2.05, 4.69) is 4.98 Å². The average Bonchev–Trinajstić information content (AvgIpc) is 2.59. The first-order valence-electron chi connectivity index (χ1n) is 4.50. The van der Waals surface area contributed by atoms with Crippen LogP contribution in [-0.2, 0) is 11.4 Å². The van der Waals surface area contributed by atoms with Crippen LogP contribution >= 0.6 is 0 Å². The van der Waals surface area contributed by atoms with Gasteiger partial charge in [-0.2, -0.15) is 0 Å². The third-order valence-corrected chi connectivity index (χ3v) is 1.76. The molecule has 1 aromatic heterocycles. The molecule has 2 rings (SSSR count). The minimum absolute atomic E-state index is 0.0781. The van der Waals surface area contributed by atoms with Gasteiger partial charge in [0.2, 0.25) is 0 Å². The molecule has 2 aromatic rings. The van der Waals surface area contributed by atoms with Crippen LogP contribution in [0.3, 0.4) is 0 Å². The highest BCUT2D eigenvalue weighted by molar-refractivity contribution is 5.80.